The highest BCUT2D eigenvalue weighted by Crippen LogP contribution is 2.21. The van der Waals surface area contributed by atoms with Crippen LogP contribution in [0, 0.1) is 0 Å². The predicted octanol–water partition coefficient (Wildman–Crippen LogP) is 3.03. The van der Waals surface area contributed by atoms with E-state index in [0.717, 1.165) is 16.7 Å². The maximum Gasteiger partial charge on any atom is 0.408 e. The molecule has 2 aromatic carbocycles. The topological polar surface area (TPSA) is 171 Å². The molecule has 216 valence electrons. The zero-order chi connectivity index (χ0) is 29.7. The Morgan fingerprint density at radius 2 is 1.50 bits per heavy atom. The van der Waals surface area contributed by atoms with Crippen LogP contribution >= 0.6 is 11.8 Å². The fourth-order valence-corrected chi connectivity index (χ4v) is 4.45. The minimum absolute atomic E-state index is 0.149. The van der Waals surface area contributed by atoms with Crippen molar-refractivity contribution in [1.82, 2.24) is 16.0 Å². The molecule has 0 aromatic heterocycles. The molecule has 40 heavy (non-hydrogen) atoms. The van der Waals surface area contributed by atoms with E-state index in [2.05, 4.69) is 16.0 Å². The van der Waals surface area contributed by atoms with E-state index in [0.29, 0.717) is 5.75 Å². The lowest BCUT2D eigenvalue weighted by molar-refractivity contribution is -0.140. The third kappa shape index (κ3) is 12.2. The standard InChI is InChI=1S/C28H35N3O8S/c1-28(2,3)39-27(38)31-21(26(36)37)13-14-23(32)30-22(25(35)29-15-24(33)34)17-40-16-18-9-11-20(12-10-18)19-7-5-4-6-8-19/h4-12,21-22H,13-17H2,1-3H3,(H,29,35)(H,30,32)(H,31,38)(H,33,34)(H,36,37)/t21-,22-/m0/s1. The number of carboxylic acid groups (broad SMARTS) is 2. The lowest BCUT2D eigenvalue weighted by atomic mass is 10.0. The van der Waals surface area contributed by atoms with E-state index in [1.807, 2.05) is 54.6 Å². The number of ether oxygens (including phenoxy) is 1. The van der Waals surface area contributed by atoms with Gasteiger partial charge in [0.05, 0.1) is 0 Å². The van der Waals surface area contributed by atoms with Crippen LogP contribution in [0.1, 0.15) is 39.2 Å². The highest BCUT2D eigenvalue weighted by Gasteiger charge is 2.26. The van der Waals surface area contributed by atoms with Crippen LogP contribution < -0.4 is 16.0 Å². The number of thioether (sulfide) groups is 1. The van der Waals surface area contributed by atoms with Gasteiger partial charge >= 0.3 is 18.0 Å². The van der Waals surface area contributed by atoms with Gasteiger partial charge in [-0.15, -0.1) is 0 Å². The van der Waals surface area contributed by atoms with E-state index in [1.54, 1.807) is 20.8 Å². The van der Waals surface area contributed by atoms with Gasteiger partial charge < -0.3 is 30.9 Å². The first-order valence-electron chi connectivity index (χ1n) is 12.6. The molecule has 5 N–H and O–H groups in total. The molecule has 12 heteroatoms. The van der Waals surface area contributed by atoms with Crippen molar-refractivity contribution in [3.63, 3.8) is 0 Å². The van der Waals surface area contributed by atoms with E-state index in [4.69, 9.17) is 9.84 Å². The van der Waals surface area contributed by atoms with Crippen LogP contribution in [-0.4, -0.2) is 70.0 Å². The van der Waals surface area contributed by atoms with Crippen molar-refractivity contribution in [2.45, 2.75) is 57.1 Å². The maximum absolute atomic E-state index is 12.6. The molecule has 2 aromatic rings. The molecule has 0 radical (unpaired) electrons. The number of rotatable bonds is 14. The van der Waals surface area contributed by atoms with Crippen molar-refractivity contribution in [3.8, 4) is 11.1 Å². The zero-order valence-electron chi connectivity index (χ0n) is 22.6. The molecule has 11 nitrogen and oxygen atoms in total. The number of aliphatic carboxylic acids is 2. The van der Waals surface area contributed by atoms with Crippen molar-refractivity contribution in [2.24, 2.45) is 0 Å². The molecule has 0 aliphatic rings. The summed E-state index contributed by atoms with van der Waals surface area (Å²) in [6.45, 7) is 4.27. The average molecular weight is 574 g/mol. The summed E-state index contributed by atoms with van der Waals surface area (Å²) in [6.07, 6.45) is -1.48. The third-order valence-electron chi connectivity index (χ3n) is 5.33. The van der Waals surface area contributed by atoms with Crippen molar-refractivity contribution in [3.05, 3.63) is 60.2 Å². The summed E-state index contributed by atoms with van der Waals surface area (Å²) in [7, 11) is 0. The van der Waals surface area contributed by atoms with Gasteiger partial charge in [0.1, 0.15) is 24.2 Å². The van der Waals surface area contributed by atoms with E-state index < -0.39 is 54.1 Å². The summed E-state index contributed by atoms with van der Waals surface area (Å²) in [5.74, 6) is -3.19. The first-order valence-corrected chi connectivity index (χ1v) is 13.7. The molecule has 0 bridgehead atoms. The molecule has 2 atom stereocenters. The van der Waals surface area contributed by atoms with Crippen molar-refractivity contribution < 1.29 is 38.9 Å². The number of nitrogens with one attached hydrogen (secondary N) is 3. The lowest BCUT2D eigenvalue weighted by Gasteiger charge is -2.22. The molecule has 0 spiro atoms. The summed E-state index contributed by atoms with van der Waals surface area (Å²) in [4.78, 5) is 59.5. The first-order chi connectivity index (χ1) is 18.8. The Balaban J connectivity index is 1.94. The number of benzene rings is 2. The number of carbonyl (C=O) groups is 5. The molecule has 0 saturated carbocycles. The smallest absolute Gasteiger partial charge is 0.408 e. The van der Waals surface area contributed by atoms with Crippen molar-refractivity contribution >= 4 is 41.6 Å². The lowest BCUT2D eigenvalue weighted by Crippen LogP contribution is -2.50. The molecular weight excluding hydrogens is 538 g/mol. The van der Waals surface area contributed by atoms with E-state index in [-0.39, 0.29) is 18.6 Å². The molecule has 0 fully saturated rings. The quantitative estimate of drug-likeness (QED) is 0.228. The summed E-state index contributed by atoms with van der Waals surface area (Å²) in [6, 6.07) is 15.4. The van der Waals surface area contributed by atoms with Crippen LogP contribution in [0.4, 0.5) is 4.79 Å². The highest BCUT2D eigenvalue weighted by molar-refractivity contribution is 7.98. The van der Waals surface area contributed by atoms with E-state index >= 15 is 0 Å². The number of alkyl carbamates (subject to hydrolysis) is 1. The van der Waals surface area contributed by atoms with Crippen LogP contribution in [0.25, 0.3) is 11.1 Å². The highest BCUT2D eigenvalue weighted by atomic mass is 32.2. The molecule has 0 aliphatic carbocycles. The van der Waals surface area contributed by atoms with E-state index in [9.17, 15) is 29.1 Å². The Kier molecular flexibility index (Phi) is 12.5. The van der Waals surface area contributed by atoms with Gasteiger partial charge in [-0.25, -0.2) is 9.59 Å². The number of amides is 3. The molecule has 3 amide bonds. The SMILES string of the molecule is CC(C)(C)OC(=O)N[C@@H](CCC(=O)N[C@@H](CSCc1ccc(-c2ccccc2)cc1)C(=O)NCC(=O)O)C(=O)O. The van der Waals surface area contributed by atoms with E-state index in [1.165, 1.54) is 11.8 Å². The first kappa shape index (κ1) is 32.2. The van der Waals surface area contributed by atoms with Gasteiger partial charge in [0.25, 0.3) is 0 Å². The van der Waals surface area contributed by atoms with Crippen LogP contribution in [0.15, 0.2) is 54.6 Å². The predicted molar refractivity (Wildman–Crippen MR) is 151 cm³/mol. The van der Waals surface area contributed by atoms with Crippen LogP contribution in [0.5, 0.6) is 0 Å². The molecule has 0 unspecified atom stereocenters. The molecular formula is C28H35N3O8S. The molecule has 0 heterocycles. The van der Waals surface area contributed by atoms with Gasteiger partial charge in [0.15, 0.2) is 0 Å². The van der Waals surface area contributed by atoms with Gasteiger partial charge in [-0.3, -0.25) is 14.4 Å². The number of carboxylic acids is 2. The fraction of sp³-hybridized carbons (Fsp3) is 0.393. The van der Waals surface area contributed by atoms with Crippen LogP contribution in [0.3, 0.4) is 0 Å². The van der Waals surface area contributed by atoms with Gasteiger partial charge in [0, 0.05) is 17.9 Å². The van der Waals surface area contributed by atoms with Crippen LogP contribution in [-0.2, 0) is 29.7 Å². The summed E-state index contributed by atoms with van der Waals surface area (Å²) >= 11 is 1.37. The normalized spacial score (nSPS) is 12.5. The van der Waals surface area contributed by atoms with Crippen molar-refractivity contribution in [1.29, 1.82) is 0 Å². The Morgan fingerprint density at radius 1 is 0.875 bits per heavy atom. The summed E-state index contributed by atoms with van der Waals surface area (Å²) in [5, 5.41) is 25.3. The molecule has 2 rings (SSSR count). The second kappa shape index (κ2) is 15.5. The number of hydrogen-bond acceptors (Lipinski definition) is 7. The number of hydrogen-bond donors (Lipinski definition) is 5. The van der Waals surface area contributed by atoms with Gasteiger partial charge in [0.2, 0.25) is 11.8 Å². The molecule has 0 aliphatic heterocycles. The third-order valence-corrected chi connectivity index (χ3v) is 6.44. The Bertz CT molecular complexity index is 1170. The average Bonchev–Trinajstić information content (AvgIpc) is 2.88. The molecule has 0 saturated heterocycles. The Morgan fingerprint density at radius 3 is 2.08 bits per heavy atom. The second-order valence-corrected chi connectivity index (χ2v) is 10.9. The van der Waals surface area contributed by atoms with Gasteiger partial charge in [-0.2, -0.15) is 11.8 Å². The number of carbonyl (C=O) groups excluding carboxylic acids is 3. The minimum atomic E-state index is -1.38. The van der Waals surface area contributed by atoms with Crippen molar-refractivity contribution in [2.75, 3.05) is 12.3 Å². The monoisotopic (exact) mass is 573 g/mol. The zero-order valence-corrected chi connectivity index (χ0v) is 23.5. The minimum Gasteiger partial charge on any atom is -0.480 e. The van der Waals surface area contributed by atoms with Gasteiger partial charge in [-0.05, 0) is 43.9 Å². The summed E-state index contributed by atoms with van der Waals surface area (Å²) < 4.78 is 5.06. The second-order valence-electron chi connectivity index (χ2n) is 9.89. The largest absolute Gasteiger partial charge is 0.480 e. The Labute approximate surface area is 237 Å². The fourth-order valence-electron chi connectivity index (χ4n) is 3.44. The summed E-state index contributed by atoms with van der Waals surface area (Å²) in [5.41, 5.74) is 2.32. The van der Waals surface area contributed by atoms with Crippen LogP contribution in [0.2, 0.25) is 0 Å². The Hall–Kier alpha value is -4.06. The van der Waals surface area contributed by atoms with Gasteiger partial charge in [-0.1, -0.05) is 54.6 Å². The maximum atomic E-state index is 12.6.